The zero-order chi connectivity index (χ0) is 31.2. The summed E-state index contributed by atoms with van der Waals surface area (Å²) in [6.45, 7) is -0.446. The SMILES string of the molecule is NC(=O)c1cccc(C2C[C@H]3CC[C@@H](C2)N3CCN(Cc2c(F)cccc2F)C(=O)[C@H](O)CO)c1.O=C(O)C(F)(F)F. The molecule has 2 amide bonds. The Morgan fingerprint density at radius 3 is 2.07 bits per heavy atom. The highest BCUT2D eigenvalue weighted by molar-refractivity contribution is 5.92. The number of primary amides is 1. The van der Waals surface area contributed by atoms with E-state index < -0.39 is 48.3 Å². The molecular weight excluding hydrogens is 569 g/mol. The highest BCUT2D eigenvalue weighted by Crippen LogP contribution is 2.43. The average molecular weight is 602 g/mol. The molecule has 230 valence electrons. The molecule has 4 rings (SSSR count). The summed E-state index contributed by atoms with van der Waals surface area (Å²) in [5.41, 5.74) is 6.78. The highest BCUT2D eigenvalue weighted by atomic mass is 19.4. The number of benzene rings is 2. The first-order valence-corrected chi connectivity index (χ1v) is 13.2. The molecule has 2 bridgehead atoms. The predicted octanol–water partition coefficient (Wildman–Crippen LogP) is 2.79. The number of hydrogen-bond donors (Lipinski definition) is 4. The Labute approximate surface area is 238 Å². The van der Waals surface area contributed by atoms with Crippen LogP contribution >= 0.6 is 0 Å². The molecule has 1 unspecified atom stereocenters. The minimum atomic E-state index is -5.08. The van der Waals surface area contributed by atoms with Gasteiger partial charge in [0, 0.05) is 36.3 Å². The first-order chi connectivity index (χ1) is 19.7. The van der Waals surface area contributed by atoms with Crippen LogP contribution in [0.25, 0.3) is 0 Å². The van der Waals surface area contributed by atoms with Crippen molar-refractivity contribution in [3.05, 3.63) is 70.8 Å². The molecule has 14 heteroatoms. The van der Waals surface area contributed by atoms with Crippen molar-refractivity contribution in [2.75, 3.05) is 19.7 Å². The number of carboxylic acids is 1. The van der Waals surface area contributed by atoms with E-state index in [-0.39, 0.29) is 30.7 Å². The van der Waals surface area contributed by atoms with E-state index in [4.69, 9.17) is 15.6 Å². The fourth-order valence-electron chi connectivity index (χ4n) is 5.52. The average Bonchev–Trinajstić information content (AvgIpc) is 3.17. The second-order valence-corrected chi connectivity index (χ2v) is 10.2. The minimum absolute atomic E-state index is 0.165. The minimum Gasteiger partial charge on any atom is -0.475 e. The number of aliphatic hydroxyl groups excluding tert-OH is 2. The third-order valence-corrected chi connectivity index (χ3v) is 7.58. The van der Waals surface area contributed by atoms with E-state index in [0.29, 0.717) is 18.0 Å². The summed E-state index contributed by atoms with van der Waals surface area (Å²) >= 11 is 0. The standard InChI is InChI=1S/C26H31F2N3O4.C2HF3O2/c27-22-5-2-6-23(28)21(22)14-30(26(35)24(33)15-32)9-10-31-19-7-8-20(31)13-18(12-19)16-3-1-4-17(11-16)25(29)34;3-2(4,5)1(6)7/h1-6,11,18-20,24,32-33H,7-10,12-15H2,(H2,29,34);(H,6,7)/t18?,19-,20+,24-;/m1./s1. The molecule has 42 heavy (non-hydrogen) atoms. The molecule has 2 aliphatic rings. The lowest BCUT2D eigenvalue weighted by Gasteiger charge is -2.40. The molecule has 2 heterocycles. The van der Waals surface area contributed by atoms with Gasteiger partial charge in [-0.25, -0.2) is 13.6 Å². The number of carboxylic acid groups (broad SMARTS) is 1. The van der Waals surface area contributed by atoms with Gasteiger partial charge in [-0.2, -0.15) is 13.2 Å². The number of amides is 2. The number of hydrogen-bond acceptors (Lipinski definition) is 6. The summed E-state index contributed by atoms with van der Waals surface area (Å²) in [6.07, 6.45) is -2.93. The zero-order valence-electron chi connectivity index (χ0n) is 22.4. The van der Waals surface area contributed by atoms with Crippen molar-refractivity contribution in [3.8, 4) is 0 Å². The summed E-state index contributed by atoms with van der Waals surface area (Å²) in [5.74, 6) is -5.20. The summed E-state index contributed by atoms with van der Waals surface area (Å²) in [5, 5.41) is 26.3. The number of aliphatic hydroxyl groups is 2. The van der Waals surface area contributed by atoms with E-state index in [2.05, 4.69) is 4.90 Å². The predicted molar refractivity (Wildman–Crippen MR) is 139 cm³/mol. The number of fused-ring (bicyclic) bond motifs is 2. The number of piperidine rings is 1. The third kappa shape index (κ3) is 8.23. The van der Waals surface area contributed by atoms with Crippen LogP contribution in [0.4, 0.5) is 22.0 Å². The molecule has 0 aromatic heterocycles. The fraction of sp³-hybridized carbons (Fsp3) is 0.464. The van der Waals surface area contributed by atoms with Crippen LogP contribution in [0.5, 0.6) is 0 Å². The Morgan fingerprint density at radius 2 is 1.57 bits per heavy atom. The number of halogens is 5. The van der Waals surface area contributed by atoms with Gasteiger partial charge in [0.2, 0.25) is 5.91 Å². The Kier molecular flexibility index (Phi) is 11.0. The lowest BCUT2D eigenvalue weighted by molar-refractivity contribution is -0.192. The van der Waals surface area contributed by atoms with Crippen LogP contribution in [0.1, 0.15) is 53.1 Å². The van der Waals surface area contributed by atoms with Crippen LogP contribution in [-0.4, -0.2) is 87.0 Å². The Morgan fingerprint density at radius 1 is 1.02 bits per heavy atom. The molecule has 9 nitrogen and oxygen atoms in total. The second kappa shape index (κ2) is 14.0. The molecule has 0 aliphatic carbocycles. The summed E-state index contributed by atoms with van der Waals surface area (Å²) in [4.78, 5) is 36.7. The van der Waals surface area contributed by atoms with Crippen molar-refractivity contribution >= 4 is 17.8 Å². The first kappa shape index (κ1) is 32.9. The second-order valence-electron chi connectivity index (χ2n) is 10.2. The quantitative estimate of drug-likeness (QED) is 0.324. The third-order valence-electron chi connectivity index (χ3n) is 7.58. The maximum absolute atomic E-state index is 14.2. The van der Waals surface area contributed by atoms with Gasteiger partial charge in [-0.05, 0) is 61.4 Å². The number of nitrogens with zero attached hydrogens (tertiary/aromatic N) is 2. The number of carbonyl (C=O) groups is 3. The van der Waals surface area contributed by atoms with Gasteiger partial charge in [0.1, 0.15) is 11.6 Å². The van der Waals surface area contributed by atoms with Gasteiger partial charge < -0.3 is 26.0 Å². The van der Waals surface area contributed by atoms with Crippen LogP contribution in [0.3, 0.4) is 0 Å². The smallest absolute Gasteiger partial charge is 0.475 e. The lowest BCUT2D eigenvalue weighted by Crippen LogP contribution is -2.48. The molecule has 5 N–H and O–H groups in total. The molecule has 2 aromatic carbocycles. The number of aliphatic carboxylic acids is 1. The van der Waals surface area contributed by atoms with E-state index in [1.807, 2.05) is 18.2 Å². The number of alkyl halides is 3. The fourth-order valence-corrected chi connectivity index (χ4v) is 5.52. The maximum atomic E-state index is 14.2. The van der Waals surface area contributed by atoms with Gasteiger partial charge in [0.25, 0.3) is 5.91 Å². The van der Waals surface area contributed by atoms with E-state index in [1.54, 1.807) is 6.07 Å². The molecule has 4 atom stereocenters. The largest absolute Gasteiger partial charge is 0.490 e. The highest BCUT2D eigenvalue weighted by Gasteiger charge is 2.41. The zero-order valence-corrected chi connectivity index (χ0v) is 22.4. The molecule has 0 spiro atoms. The van der Waals surface area contributed by atoms with E-state index >= 15 is 0 Å². The van der Waals surface area contributed by atoms with Crippen LogP contribution < -0.4 is 5.73 Å². The van der Waals surface area contributed by atoms with Crippen molar-refractivity contribution in [2.24, 2.45) is 5.73 Å². The molecule has 2 aromatic rings. The van der Waals surface area contributed by atoms with Gasteiger partial charge in [-0.3, -0.25) is 14.5 Å². The summed E-state index contributed by atoms with van der Waals surface area (Å²) in [7, 11) is 0. The van der Waals surface area contributed by atoms with Crippen molar-refractivity contribution in [1.82, 2.24) is 9.80 Å². The van der Waals surface area contributed by atoms with E-state index in [1.165, 1.54) is 11.0 Å². The lowest BCUT2D eigenvalue weighted by atomic mass is 9.84. The number of carbonyl (C=O) groups excluding carboxylic acids is 2. The Hall–Kier alpha value is -3.62. The summed E-state index contributed by atoms with van der Waals surface area (Å²) in [6, 6.07) is 11.5. The van der Waals surface area contributed by atoms with Crippen molar-refractivity contribution < 1.29 is 51.7 Å². The van der Waals surface area contributed by atoms with Gasteiger partial charge in [-0.15, -0.1) is 0 Å². The van der Waals surface area contributed by atoms with E-state index in [0.717, 1.165) is 43.4 Å². The summed E-state index contributed by atoms with van der Waals surface area (Å²) < 4.78 is 60.2. The molecule has 0 saturated carbocycles. The molecule has 2 aliphatic heterocycles. The van der Waals surface area contributed by atoms with Crippen LogP contribution in [-0.2, 0) is 16.1 Å². The molecular formula is C28H32F5N3O6. The normalized spacial score (nSPS) is 20.8. The number of nitrogens with two attached hydrogens (primary N) is 1. The Balaban J connectivity index is 0.000000616. The van der Waals surface area contributed by atoms with Crippen molar-refractivity contribution in [2.45, 2.75) is 62.5 Å². The Bertz CT molecular complexity index is 1240. The van der Waals surface area contributed by atoms with Crippen LogP contribution in [0, 0.1) is 11.6 Å². The number of rotatable bonds is 9. The maximum Gasteiger partial charge on any atom is 0.490 e. The van der Waals surface area contributed by atoms with Gasteiger partial charge in [0.05, 0.1) is 13.2 Å². The van der Waals surface area contributed by atoms with Crippen molar-refractivity contribution in [3.63, 3.8) is 0 Å². The van der Waals surface area contributed by atoms with Crippen LogP contribution in [0.2, 0.25) is 0 Å². The van der Waals surface area contributed by atoms with E-state index in [9.17, 15) is 41.8 Å². The topological polar surface area (TPSA) is 144 Å². The van der Waals surface area contributed by atoms with Crippen molar-refractivity contribution in [1.29, 1.82) is 0 Å². The first-order valence-electron chi connectivity index (χ1n) is 13.2. The van der Waals surface area contributed by atoms with Gasteiger partial charge in [-0.1, -0.05) is 18.2 Å². The van der Waals surface area contributed by atoms with Gasteiger partial charge in [0.15, 0.2) is 6.10 Å². The van der Waals surface area contributed by atoms with Crippen LogP contribution in [0.15, 0.2) is 42.5 Å². The van der Waals surface area contributed by atoms with Gasteiger partial charge >= 0.3 is 12.1 Å². The molecule has 0 radical (unpaired) electrons. The molecule has 2 fully saturated rings. The molecule has 2 saturated heterocycles. The monoisotopic (exact) mass is 601 g/mol.